The van der Waals surface area contributed by atoms with Crippen LogP contribution in [0.5, 0.6) is 0 Å². The minimum Gasteiger partial charge on any atom is -0.367 e. The van der Waals surface area contributed by atoms with Crippen molar-refractivity contribution in [3.63, 3.8) is 0 Å². The first kappa shape index (κ1) is 35.0. The second-order valence-electron chi connectivity index (χ2n) is 12.0. The summed E-state index contributed by atoms with van der Waals surface area (Å²) in [6.07, 6.45) is 34.4. The quantitative estimate of drug-likeness (QED) is 0.0452. The average Bonchev–Trinajstić information content (AvgIpc) is 3.71. The molecule has 2 atom stereocenters. The molecule has 0 radical (unpaired) electrons. The molecule has 1 aromatic carbocycles. The fraction of sp³-hybridized carbons (Fsp3) is 0.771. The number of hydrogen-bond acceptors (Lipinski definition) is 4. The van der Waals surface area contributed by atoms with Crippen molar-refractivity contribution in [2.24, 2.45) is 0 Å². The lowest BCUT2D eigenvalue weighted by Crippen LogP contribution is -2.12. The highest BCUT2D eigenvalue weighted by atomic mass is 32.2. The van der Waals surface area contributed by atoms with Gasteiger partial charge in [0.1, 0.15) is 6.10 Å². The third-order valence-electron chi connectivity index (χ3n) is 8.14. The molecule has 0 unspecified atom stereocenters. The maximum absolute atomic E-state index is 12.3. The standard InChI is InChI=1S/C35H60O4S/c1-3-4-5-6-7-8-9-10-11-12-13-14-15-16-17-18-19-20-21-22-23-24-25-26-34-35(39-34)31-38-40(36,37)33-29-27-32(2)28-30-33/h9-10,27-30,34-35H,3-8,11-26,31H2,1-2H3/b10-9-/t34-,35+/m1/s1. The lowest BCUT2D eigenvalue weighted by molar-refractivity contribution is 0.262. The second-order valence-corrected chi connectivity index (χ2v) is 13.6. The van der Waals surface area contributed by atoms with Crippen LogP contribution in [-0.4, -0.2) is 27.2 Å². The topological polar surface area (TPSA) is 55.9 Å². The maximum atomic E-state index is 12.3. The van der Waals surface area contributed by atoms with E-state index in [1.54, 1.807) is 24.3 Å². The van der Waals surface area contributed by atoms with Crippen molar-refractivity contribution < 1.29 is 17.3 Å². The Bertz CT molecular complexity index is 862. The molecule has 1 saturated heterocycles. The zero-order valence-electron chi connectivity index (χ0n) is 25.9. The summed E-state index contributed by atoms with van der Waals surface area (Å²) in [5.41, 5.74) is 1.03. The molecule has 2 rings (SSSR count). The molecular formula is C35H60O4S. The molecule has 0 bridgehead atoms. The van der Waals surface area contributed by atoms with Gasteiger partial charge in [-0.1, -0.05) is 146 Å². The Morgan fingerprint density at radius 3 is 1.60 bits per heavy atom. The highest BCUT2D eigenvalue weighted by Gasteiger charge is 2.39. The van der Waals surface area contributed by atoms with Crippen LogP contribution in [0.25, 0.3) is 0 Å². The normalized spacial score (nSPS) is 17.1. The molecule has 0 spiro atoms. The van der Waals surface area contributed by atoms with Crippen LogP contribution in [0, 0.1) is 6.92 Å². The van der Waals surface area contributed by atoms with Gasteiger partial charge in [-0.05, 0) is 51.2 Å². The van der Waals surface area contributed by atoms with E-state index in [0.717, 1.165) is 18.4 Å². The Hall–Kier alpha value is -1.17. The lowest BCUT2D eigenvalue weighted by Gasteiger charge is -2.04. The van der Waals surface area contributed by atoms with Crippen molar-refractivity contribution >= 4 is 10.1 Å². The number of epoxide rings is 1. The van der Waals surface area contributed by atoms with Crippen molar-refractivity contribution in [3.05, 3.63) is 42.0 Å². The molecule has 1 aromatic rings. The van der Waals surface area contributed by atoms with Crippen LogP contribution >= 0.6 is 0 Å². The Morgan fingerprint density at radius 1 is 0.650 bits per heavy atom. The molecule has 0 N–H and O–H groups in total. The smallest absolute Gasteiger partial charge is 0.297 e. The van der Waals surface area contributed by atoms with Gasteiger partial charge in [0, 0.05) is 0 Å². The molecule has 1 aliphatic heterocycles. The van der Waals surface area contributed by atoms with E-state index in [2.05, 4.69) is 19.1 Å². The summed E-state index contributed by atoms with van der Waals surface area (Å²) in [5.74, 6) is 0. The van der Waals surface area contributed by atoms with Gasteiger partial charge in [-0.2, -0.15) is 8.42 Å². The minimum absolute atomic E-state index is 0.0721. The van der Waals surface area contributed by atoms with Gasteiger partial charge in [-0.3, -0.25) is 4.18 Å². The summed E-state index contributed by atoms with van der Waals surface area (Å²) in [6, 6.07) is 6.75. The van der Waals surface area contributed by atoms with Crippen molar-refractivity contribution in [2.45, 2.75) is 172 Å². The fourth-order valence-electron chi connectivity index (χ4n) is 5.34. The van der Waals surface area contributed by atoms with Gasteiger partial charge < -0.3 is 4.74 Å². The van der Waals surface area contributed by atoms with Crippen LogP contribution in [0.3, 0.4) is 0 Å². The second kappa shape index (κ2) is 22.4. The average molecular weight is 577 g/mol. The number of allylic oxidation sites excluding steroid dienone is 2. The number of rotatable bonds is 27. The van der Waals surface area contributed by atoms with Crippen molar-refractivity contribution in [1.82, 2.24) is 0 Å². The van der Waals surface area contributed by atoms with Gasteiger partial charge in [-0.15, -0.1) is 0 Å². The predicted octanol–water partition coefficient (Wildman–Crippen LogP) is 10.6. The first-order chi connectivity index (χ1) is 19.5. The third-order valence-corrected chi connectivity index (χ3v) is 9.43. The summed E-state index contributed by atoms with van der Waals surface area (Å²) in [4.78, 5) is 0.211. The number of ether oxygens (including phenoxy) is 1. The zero-order chi connectivity index (χ0) is 28.7. The van der Waals surface area contributed by atoms with Gasteiger partial charge in [0.05, 0.1) is 17.6 Å². The molecule has 0 aliphatic carbocycles. The first-order valence-corrected chi connectivity index (χ1v) is 18.2. The first-order valence-electron chi connectivity index (χ1n) is 16.8. The lowest BCUT2D eigenvalue weighted by atomic mass is 10.0. The van der Waals surface area contributed by atoms with Crippen LogP contribution in [0.1, 0.15) is 154 Å². The Morgan fingerprint density at radius 2 is 1.10 bits per heavy atom. The van der Waals surface area contributed by atoms with Crippen molar-refractivity contribution in [2.75, 3.05) is 6.61 Å². The van der Waals surface area contributed by atoms with Crippen LogP contribution in [-0.2, 0) is 19.0 Å². The summed E-state index contributed by atoms with van der Waals surface area (Å²) in [6.45, 7) is 4.33. The summed E-state index contributed by atoms with van der Waals surface area (Å²) in [7, 11) is -3.69. The molecule has 230 valence electrons. The van der Waals surface area contributed by atoms with E-state index in [1.807, 2.05) is 6.92 Å². The van der Waals surface area contributed by atoms with E-state index in [1.165, 1.54) is 128 Å². The van der Waals surface area contributed by atoms with E-state index in [0.29, 0.717) is 0 Å². The molecule has 4 nitrogen and oxygen atoms in total. The predicted molar refractivity (Wildman–Crippen MR) is 169 cm³/mol. The molecule has 0 aromatic heterocycles. The van der Waals surface area contributed by atoms with Crippen molar-refractivity contribution in [3.8, 4) is 0 Å². The Labute approximate surface area is 247 Å². The fourth-order valence-corrected chi connectivity index (χ4v) is 6.26. The maximum Gasteiger partial charge on any atom is 0.297 e. The van der Waals surface area contributed by atoms with Gasteiger partial charge in [-0.25, -0.2) is 0 Å². The molecule has 1 fully saturated rings. The molecule has 40 heavy (non-hydrogen) atoms. The summed E-state index contributed by atoms with van der Waals surface area (Å²) < 4.78 is 35.4. The molecule has 5 heteroatoms. The van der Waals surface area contributed by atoms with Gasteiger partial charge in [0.25, 0.3) is 10.1 Å². The van der Waals surface area contributed by atoms with Gasteiger partial charge >= 0.3 is 0 Å². The third kappa shape index (κ3) is 17.6. The van der Waals surface area contributed by atoms with Crippen LogP contribution in [0.15, 0.2) is 41.3 Å². The van der Waals surface area contributed by atoms with E-state index < -0.39 is 10.1 Å². The Kier molecular flexibility index (Phi) is 19.6. The molecule has 0 saturated carbocycles. The summed E-state index contributed by atoms with van der Waals surface area (Å²) >= 11 is 0. The minimum atomic E-state index is -3.69. The number of benzene rings is 1. The van der Waals surface area contributed by atoms with Gasteiger partial charge in [0.2, 0.25) is 0 Å². The van der Waals surface area contributed by atoms with Crippen molar-refractivity contribution in [1.29, 1.82) is 0 Å². The monoisotopic (exact) mass is 576 g/mol. The number of hydrogen-bond donors (Lipinski definition) is 0. The highest BCUT2D eigenvalue weighted by molar-refractivity contribution is 7.86. The zero-order valence-corrected chi connectivity index (χ0v) is 26.7. The highest BCUT2D eigenvalue weighted by Crippen LogP contribution is 2.29. The van der Waals surface area contributed by atoms with E-state index in [-0.39, 0.29) is 23.7 Å². The van der Waals surface area contributed by atoms with Crippen LogP contribution in [0.2, 0.25) is 0 Å². The Balaban J connectivity index is 1.27. The molecule has 1 heterocycles. The molecule has 1 aliphatic rings. The molecule has 0 amide bonds. The number of aryl methyl sites for hydroxylation is 1. The van der Waals surface area contributed by atoms with Gasteiger partial charge in [0.15, 0.2) is 0 Å². The number of unbranched alkanes of at least 4 members (excludes halogenated alkanes) is 19. The largest absolute Gasteiger partial charge is 0.367 e. The molecular weight excluding hydrogens is 516 g/mol. The van der Waals surface area contributed by atoms with E-state index >= 15 is 0 Å². The van der Waals surface area contributed by atoms with Crippen LogP contribution < -0.4 is 0 Å². The van der Waals surface area contributed by atoms with E-state index in [4.69, 9.17) is 8.92 Å². The SMILES string of the molecule is CCCCCCC/C=C\CCCCCCCCCCCCCCCC[C@H]1O[C@H]1COS(=O)(=O)c1ccc(C)cc1. The van der Waals surface area contributed by atoms with E-state index in [9.17, 15) is 8.42 Å². The van der Waals surface area contributed by atoms with Crippen LogP contribution in [0.4, 0.5) is 0 Å². The summed E-state index contributed by atoms with van der Waals surface area (Å²) in [5, 5.41) is 0.